The van der Waals surface area contributed by atoms with Crippen LogP contribution in [-0.2, 0) is 6.42 Å². The summed E-state index contributed by atoms with van der Waals surface area (Å²) in [7, 11) is 0. The minimum atomic E-state index is -0.309. The molecule has 5 heteroatoms. The molecule has 1 heterocycles. The lowest BCUT2D eigenvalue weighted by Crippen LogP contribution is -2.28. The third-order valence-corrected chi connectivity index (χ3v) is 2.11. The van der Waals surface area contributed by atoms with Gasteiger partial charge in [-0.2, -0.15) is 4.98 Å². The van der Waals surface area contributed by atoms with Gasteiger partial charge in [0.25, 0.3) is 0 Å². The van der Waals surface area contributed by atoms with Gasteiger partial charge in [-0.1, -0.05) is 11.6 Å². The lowest BCUT2D eigenvalue weighted by molar-refractivity contribution is 0.536. The second kappa shape index (κ2) is 4.57. The van der Waals surface area contributed by atoms with E-state index >= 15 is 0 Å². The quantitative estimate of drug-likeness (QED) is 0.765. The van der Waals surface area contributed by atoms with Gasteiger partial charge < -0.3 is 5.73 Å². The Kier molecular flexibility index (Phi) is 3.66. The van der Waals surface area contributed by atoms with Crippen LogP contribution < -0.4 is 11.4 Å². The molecule has 0 aliphatic rings. The van der Waals surface area contributed by atoms with Gasteiger partial charge >= 0.3 is 5.69 Å². The summed E-state index contributed by atoms with van der Waals surface area (Å²) >= 11 is 5.70. The van der Waals surface area contributed by atoms with Gasteiger partial charge in [0.2, 0.25) is 0 Å². The third-order valence-electron chi connectivity index (χ3n) is 1.92. The van der Waals surface area contributed by atoms with Crippen molar-refractivity contribution in [3.05, 3.63) is 27.4 Å². The molecule has 0 radical (unpaired) electrons. The Bertz CT molecular complexity index is 373. The first kappa shape index (κ1) is 11.2. The molecule has 78 valence electrons. The van der Waals surface area contributed by atoms with E-state index in [4.69, 9.17) is 17.3 Å². The number of hydrogen-bond acceptors (Lipinski definition) is 3. The molecule has 0 atom stereocenters. The van der Waals surface area contributed by atoms with Crippen LogP contribution in [0.25, 0.3) is 0 Å². The van der Waals surface area contributed by atoms with Gasteiger partial charge in [0, 0.05) is 18.2 Å². The van der Waals surface area contributed by atoms with Crippen molar-refractivity contribution in [3.63, 3.8) is 0 Å². The molecule has 0 unspecified atom stereocenters. The van der Waals surface area contributed by atoms with Crippen LogP contribution in [0.1, 0.15) is 25.6 Å². The molecule has 0 amide bonds. The predicted molar refractivity (Wildman–Crippen MR) is 56.7 cm³/mol. The van der Waals surface area contributed by atoms with Crippen LogP contribution in [0.5, 0.6) is 0 Å². The van der Waals surface area contributed by atoms with E-state index in [0.717, 1.165) is 5.69 Å². The topological polar surface area (TPSA) is 60.9 Å². The fourth-order valence-corrected chi connectivity index (χ4v) is 1.60. The fraction of sp³-hybridized carbons (Fsp3) is 0.556. The van der Waals surface area contributed by atoms with Crippen molar-refractivity contribution in [1.82, 2.24) is 9.55 Å². The summed E-state index contributed by atoms with van der Waals surface area (Å²) in [6, 6.07) is 1.77. The maximum absolute atomic E-state index is 11.5. The molecule has 1 aromatic heterocycles. The van der Waals surface area contributed by atoms with E-state index in [9.17, 15) is 4.79 Å². The van der Waals surface area contributed by atoms with Gasteiger partial charge in [-0.3, -0.25) is 4.57 Å². The second-order valence-electron chi connectivity index (χ2n) is 3.36. The van der Waals surface area contributed by atoms with Gasteiger partial charge in [0.1, 0.15) is 5.15 Å². The van der Waals surface area contributed by atoms with Crippen molar-refractivity contribution < 1.29 is 0 Å². The van der Waals surface area contributed by atoms with E-state index in [2.05, 4.69) is 4.98 Å². The lowest BCUT2D eigenvalue weighted by Gasteiger charge is -2.14. The van der Waals surface area contributed by atoms with E-state index in [1.807, 2.05) is 13.8 Å². The average Bonchev–Trinajstić information content (AvgIpc) is 2.01. The molecule has 1 aromatic rings. The Hall–Kier alpha value is -0.870. The molecule has 14 heavy (non-hydrogen) atoms. The smallest absolute Gasteiger partial charge is 0.330 e. The first-order valence-corrected chi connectivity index (χ1v) is 4.92. The molecule has 0 saturated heterocycles. The number of nitrogens with two attached hydrogens (primary N) is 1. The van der Waals surface area contributed by atoms with Gasteiger partial charge in [0.05, 0.1) is 0 Å². The highest BCUT2D eigenvalue weighted by molar-refractivity contribution is 6.29. The number of hydrogen-bond donors (Lipinski definition) is 1. The molecule has 0 saturated carbocycles. The molecule has 1 rings (SSSR count). The number of aromatic nitrogens is 2. The minimum absolute atomic E-state index is 0.0776. The Morgan fingerprint density at radius 2 is 2.29 bits per heavy atom. The highest BCUT2D eigenvalue weighted by atomic mass is 35.5. The Morgan fingerprint density at radius 3 is 2.79 bits per heavy atom. The van der Waals surface area contributed by atoms with E-state index in [1.165, 1.54) is 0 Å². The van der Waals surface area contributed by atoms with Crippen LogP contribution in [0.4, 0.5) is 0 Å². The summed E-state index contributed by atoms with van der Waals surface area (Å²) in [4.78, 5) is 15.2. The number of rotatable bonds is 3. The Labute approximate surface area is 87.7 Å². The number of nitrogens with zero attached hydrogens (tertiary/aromatic N) is 2. The second-order valence-corrected chi connectivity index (χ2v) is 3.74. The van der Waals surface area contributed by atoms with Crippen LogP contribution in [-0.4, -0.2) is 16.1 Å². The summed E-state index contributed by atoms with van der Waals surface area (Å²) in [6.45, 7) is 4.35. The first-order chi connectivity index (χ1) is 6.56. The SMILES string of the molecule is CC(C)n1c(CCN)cc(Cl)nc1=O. The fourth-order valence-electron chi connectivity index (χ4n) is 1.40. The molecule has 2 N–H and O–H groups in total. The van der Waals surface area contributed by atoms with Crippen molar-refractivity contribution in [3.8, 4) is 0 Å². The average molecular weight is 216 g/mol. The monoisotopic (exact) mass is 215 g/mol. The summed E-state index contributed by atoms with van der Waals surface area (Å²) in [6.07, 6.45) is 0.635. The normalized spacial score (nSPS) is 10.9. The van der Waals surface area contributed by atoms with Crippen molar-refractivity contribution >= 4 is 11.6 Å². The van der Waals surface area contributed by atoms with E-state index in [-0.39, 0.29) is 16.9 Å². The van der Waals surface area contributed by atoms with Crippen LogP contribution in [0.2, 0.25) is 5.15 Å². The Morgan fingerprint density at radius 1 is 1.64 bits per heavy atom. The highest BCUT2D eigenvalue weighted by Crippen LogP contribution is 2.10. The van der Waals surface area contributed by atoms with E-state index < -0.39 is 0 Å². The lowest BCUT2D eigenvalue weighted by atomic mass is 10.2. The van der Waals surface area contributed by atoms with Crippen LogP contribution in [0, 0.1) is 0 Å². The van der Waals surface area contributed by atoms with E-state index in [0.29, 0.717) is 13.0 Å². The summed E-state index contributed by atoms with van der Waals surface area (Å²) in [5, 5.41) is 0.232. The molecule has 0 aliphatic heterocycles. The maximum Gasteiger partial charge on any atom is 0.349 e. The summed E-state index contributed by atoms with van der Waals surface area (Å²) < 4.78 is 1.61. The zero-order valence-corrected chi connectivity index (χ0v) is 9.08. The molecule has 0 bridgehead atoms. The standard InChI is InChI=1S/C9H14ClN3O/c1-6(2)13-7(3-4-11)5-8(10)12-9(13)14/h5-6H,3-4,11H2,1-2H3. The van der Waals surface area contributed by atoms with Crippen molar-refractivity contribution in [1.29, 1.82) is 0 Å². The van der Waals surface area contributed by atoms with Crippen LogP contribution in [0.15, 0.2) is 10.9 Å². The largest absolute Gasteiger partial charge is 0.349 e. The maximum atomic E-state index is 11.5. The molecule has 0 aromatic carbocycles. The van der Waals surface area contributed by atoms with Gasteiger partial charge in [0.15, 0.2) is 0 Å². The van der Waals surface area contributed by atoms with Crippen LogP contribution >= 0.6 is 11.6 Å². The van der Waals surface area contributed by atoms with Gasteiger partial charge in [-0.25, -0.2) is 4.79 Å². The molecule has 0 fully saturated rings. The molecule has 0 spiro atoms. The first-order valence-electron chi connectivity index (χ1n) is 4.54. The molecule has 4 nitrogen and oxygen atoms in total. The van der Waals surface area contributed by atoms with Crippen LogP contribution in [0.3, 0.4) is 0 Å². The molecule has 0 aliphatic carbocycles. The van der Waals surface area contributed by atoms with Crippen molar-refractivity contribution in [2.75, 3.05) is 6.54 Å². The zero-order chi connectivity index (χ0) is 10.7. The predicted octanol–water partition coefficient (Wildman–Crippen LogP) is 0.979. The van der Waals surface area contributed by atoms with Gasteiger partial charge in [-0.15, -0.1) is 0 Å². The van der Waals surface area contributed by atoms with Crippen molar-refractivity contribution in [2.45, 2.75) is 26.3 Å². The van der Waals surface area contributed by atoms with Gasteiger partial charge in [-0.05, 0) is 26.5 Å². The third kappa shape index (κ3) is 2.33. The molecular weight excluding hydrogens is 202 g/mol. The Balaban J connectivity index is 3.29. The highest BCUT2D eigenvalue weighted by Gasteiger charge is 2.09. The number of halogens is 1. The van der Waals surface area contributed by atoms with Crippen molar-refractivity contribution in [2.24, 2.45) is 5.73 Å². The summed E-state index contributed by atoms with van der Waals surface area (Å²) in [5.74, 6) is 0. The van der Waals surface area contributed by atoms with E-state index in [1.54, 1.807) is 10.6 Å². The summed E-state index contributed by atoms with van der Waals surface area (Å²) in [5.41, 5.74) is 5.98. The zero-order valence-electron chi connectivity index (χ0n) is 8.33. The minimum Gasteiger partial charge on any atom is -0.330 e. The molecular formula is C9H14ClN3O.